The second kappa shape index (κ2) is 2.57. The van der Waals surface area contributed by atoms with Crippen molar-refractivity contribution in [2.45, 2.75) is 25.7 Å². The van der Waals surface area contributed by atoms with Crippen LogP contribution in [0.2, 0.25) is 0 Å². The second-order valence-electron chi connectivity index (χ2n) is 3.16. The van der Waals surface area contributed by atoms with E-state index in [0.29, 0.717) is 12.3 Å². The number of nitrogens with one attached hydrogen (secondary N) is 2. The molecule has 1 aliphatic carbocycles. The molecule has 0 bridgehead atoms. The van der Waals surface area contributed by atoms with E-state index in [1.807, 2.05) is 0 Å². The van der Waals surface area contributed by atoms with Gasteiger partial charge in [-0.1, -0.05) is 6.08 Å². The maximum Gasteiger partial charge on any atom is 0.238 e. The summed E-state index contributed by atoms with van der Waals surface area (Å²) in [5.41, 5.74) is 6.77. The Hall–Kier alpha value is -0.990. The lowest BCUT2D eigenvalue weighted by atomic mass is 9.88. The van der Waals surface area contributed by atoms with E-state index in [9.17, 15) is 4.79 Å². The van der Waals surface area contributed by atoms with Gasteiger partial charge in [0.1, 0.15) is 0 Å². The van der Waals surface area contributed by atoms with Gasteiger partial charge in [-0.2, -0.15) is 0 Å². The number of carbonyl (C=O) groups excluding carboxylic acids is 1. The Kier molecular flexibility index (Phi) is 1.56. The first-order valence-electron chi connectivity index (χ1n) is 4.11. The Morgan fingerprint density at radius 2 is 2.36 bits per heavy atom. The fourth-order valence-corrected chi connectivity index (χ4v) is 1.73. The lowest BCUT2D eigenvalue weighted by Crippen LogP contribution is -2.45. The molecule has 60 valence electrons. The minimum absolute atomic E-state index is 0.119. The Balaban J connectivity index is 2.12. The van der Waals surface area contributed by atoms with E-state index in [4.69, 9.17) is 0 Å². The van der Waals surface area contributed by atoms with Crippen molar-refractivity contribution in [3.8, 4) is 0 Å². The normalized spacial score (nSPS) is 29.6. The highest BCUT2D eigenvalue weighted by molar-refractivity contribution is 5.77. The molecule has 0 radical (unpaired) electrons. The Labute approximate surface area is 65.8 Å². The lowest BCUT2D eigenvalue weighted by molar-refractivity contribution is -0.124. The Morgan fingerprint density at radius 1 is 1.45 bits per heavy atom. The van der Waals surface area contributed by atoms with Crippen LogP contribution in [0.3, 0.4) is 0 Å². The molecule has 0 aromatic rings. The molecule has 2 N–H and O–H groups in total. The average molecular weight is 152 g/mol. The van der Waals surface area contributed by atoms with Gasteiger partial charge in [0.15, 0.2) is 0 Å². The molecular formula is C8H12N2O. The number of carbonyl (C=O) groups is 1. The van der Waals surface area contributed by atoms with E-state index in [-0.39, 0.29) is 5.91 Å². The molecule has 0 spiro atoms. The highest BCUT2D eigenvalue weighted by Crippen LogP contribution is 2.26. The van der Waals surface area contributed by atoms with E-state index in [2.05, 4.69) is 16.9 Å². The van der Waals surface area contributed by atoms with Crippen molar-refractivity contribution in [3.63, 3.8) is 0 Å². The number of allylic oxidation sites excluding steroid dienone is 2. The Morgan fingerprint density at radius 3 is 3.27 bits per heavy atom. The van der Waals surface area contributed by atoms with Gasteiger partial charge in [-0.25, -0.2) is 0 Å². The van der Waals surface area contributed by atoms with E-state index < -0.39 is 0 Å². The molecule has 1 fully saturated rings. The van der Waals surface area contributed by atoms with Crippen molar-refractivity contribution in [1.29, 1.82) is 0 Å². The van der Waals surface area contributed by atoms with Gasteiger partial charge in [-0.05, 0) is 19.3 Å². The van der Waals surface area contributed by atoms with Gasteiger partial charge >= 0.3 is 0 Å². The monoisotopic (exact) mass is 152 g/mol. The van der Waals surface area contributed by atoms with Gasteiger partial charge in [0.2, 0.25) is 5.91 Å². The third kappa shape index (κ3) is 1.23. The maximum atomic E-state index is 10.9. The summed E-state index contributed by atoms with van der Waals surface area (Å²) in [6, 6.07) is 0. The molecule has 3 nitrogen and oxygen atoms in total. The van der Waals surface area contributed by atoms with Gasteiger partial charge in [0.25, 0.3) is 0 Å². The number of hydrazine groups is 1. The number of rotatable bonds is 0. The first-order chi connectivity index (χ1) is 5.36. The van der Waals surface area contributed by atoms with Crippen molar-refractivity contribution >= 4 is 5.91 Å². The first-order valence-corrected chi connectivity index (χ1v) is 4.11. The molecule has 11 heavy (non-hydrogen) atoms. The fraction of sp³-hybridized carbons (Fsp3) is 0.625. The van der Waals surface area contributed by atoms with Crippen LogP contribution in [0.5, 0.6) is 0 Å². The summed E-state index contributed by atoms with van der Waals surface area (Å²) in [4.78, 5) is 10.9. The zero-order valence-corrected chi connectivity index (χ0v) is 6.39. The molecular weight excluding hydrogens is 140 g/mol. The minimum Gasteiger partial charge on any atom is -0.303 e. The number of hydrogen-bond acceptors (Lipinski definition) is 2. The molecule has 1 unspecified atom stereocenters. The largest absolute Gasteiger partial charge is 0.303 e. The highest BCUT2D eigenvalue weighted by Gasteiger charge is 2.24. The number of hydrogen-bond donors (Lipinski definition) is 2. The fourth-order valence-electron chi connectivity index (χ4n) is 1.73. The Bertz CT molecular complexity index is 210. The van der Waals surface area contributed by atoms with Crippen molar-refractivity contribution in [2.24, 2.45) is 5.92 Å². The molecule has 1 atom stereocenters. The average Bonchev–Trinajstić information content (AvgIpc) is 2.04. The zero-order chi connectivity index (χ0) is 7.68. The van der Waals surface area contributed by atoms with E-state index >= 15 is 0 Å². The summed E-state index contributed by atoms with van der Waals surface area (Å²) >= 11 is 0. The van der Waals surface area contributed by atoms with Crippen molar-refractivity contribution < 1.29 is 4.79 Å². The molecule has 0 aromatic heterocycles. The summed E-state index contributed by atoms with van der Waals surface area (Å²) in [7, 11) is 0. The minimum atomic E-state index is 0.119. The maximum absolute atomic E-state index is 10.9. The van der Waals surface area contributed by atoms with Crippen LogP contribution in [0.15, 0.2) is 11.8 Å². The highest BCUT2D eigenvalue weighted by atomic mass is 16.2. The topological polar surface area (TPSA) is 41.1 Å². The third-order valence-corrected chi connectivity index (χ3v) is 2.34. The van der Waals surface area contributed by atoms with Gasteiger partial charge in [0, 0.05) is 18.0 Å². The van der Waals surface area contributed by atoms with Gasteiger partial charge in [-0.3, -0.25) is 10.2 Å². The number of amides is 1. The lowest BCUT2D eigenvalue weighted by Gasteiger charge is -2.29. The summed E-state index contributed by atoms with van der Waals surface area (Å²) in [5, 5.41) is 0. The molecule has 1 amide bonds. The first kappa shape index (κ1) is 6.70. The standard InChI is InChI=1S/C8H12N2O/c11-8-5-6-3-1-2-4-7(6)9-10-8/h4,6,9H,1-3,5H2,(H,10,11). The molecule has 0 saturated carbocycles. The molecule has 0 aromatic carbocycles. The third-order valence-electron chi connectivity index (χ3n) is 2.34. The second-order valence-corrected chi connectivity index (χ2v) is 3.16. The van der Waals surface area contributed by atoms with Crippen molar-refractivity contribution in [2.75, 3.05) is 0 Å². The molecule has 2 rings (SSSR count). The smallest absolute Gasteiger partial charge is 0.238 e. The number of fused-ring (bicyclic) bond motifs is 1. The van der Waals surface area contributed by atoms with Gasteiger partial charge < -0.3 is 5.43 Å². The van der Waals surface area contributed by atoms with Crippen molar-refractivity contribution in [3.05, 3.63) is 11.8 Å². The van der Waals surface area contributed by atoms with Crippen LogP contribution in [0.4, 0.5) is 0 Å². The molecule has 1 saturated heterocycles. The summed E-state index contributed by atoms with van der Waals surface area (Å²) in [6.45, 7) is 0. The predicted octanol–water partition coefficient (Wildman–Crippen LogP) is 0.695. The van der Waals surface area contributed by atoms with Crippen LogP contribution in [0.1, 0.15) is 25.7 Å². The van der Waals surface area contributed by atoms with Crippen LogP contribution < -0.4 is 10.9 Å². The summed E-state index contributed by atoms with van der Waals surface area (Å²) in [6.07, 6.45) is 6.39. The van der Waals surface area contributed by atoms with Crippen LogP contribution in [0, 0.1) is 5.92 Å². The van der Waals surface area contributed by atoms with Crippen LogP contribution in [-0.4, -0.2) is 5.91 Å². The van der Waals surface area contributed by atoms with Gasteiger partial charge in [-0.15, -0.1) is 0 Å². The molecule has 2 aliphatic rings. The SMILES string of the molecule is O=C1CC2CCCC=C2NN1. The van der Waals surface area contributed by atoms with E-state index in [1.54, 1.807) is 0 Å². The van der Waals surface area contributed by atoms with Crippen LogP contribution in [-0.2, 0) is 4.79 Å². The quantitative estimate of drug-likeness (QED) is 0.536. The summed E-state index contributed by atoms with van der Waals surface area (Å²) in [5.74, 6) is 0.589. The van der Waals surface area contributed by atoms with Crippen molar-refractivity contribution in [1.82, 2.24) is 10.9 Å². The van der Waals surface area contributed by atoms with E-state index in [1.165, 1.54) is 12.1 Å². The molecule has 1 heterocycles. The molecule has 1 aliphatic heterocycles. The predicted molar refractivity (Wildman–Crippen MR) is 41.3 cm³/mol. The summed E-state index contributed by atoms with van der Waals surface area (Å²) < 4.78 is 0. The van der Waals surface area contributed by atoms with Gasteiger partial charge in [0.05, 0.1) is 0 Å². The molecule has 3 heteroatoms. The van der Waals surface area contributed by atoms with Crippen LogP contribution >= 0.6 is 0 Å². The van der Waals surface area contributed by atoms with E-state index in [0.717, 1.165) is 12.8 Å². The zero-order valence-electron chi connectivity index (χ0n) is 6.39. The van der Waals surface area contributed by atoms with Crippen LogP contribution in [0.25, 0.3) is 0 Å².